The fourth-order valence-corrected chi connectivity index (χ4v) is 1.22. The topological polar surface area (TPSA) is 52.6 Å². The number of amides is 1. The van der Waals surface area contributed by atoms with Crippen molar-refractivity contribution in [2.75, 3.05) is 20.6 Å². The molecule has 1 amide bonds. The van der Waals surface area contributed by atoms with Crippen LogP contribution < -0.4 is 5.32 Å². The number of β-amino-alcohol motifs (C(OH)–C–C–N with tert-alkyl or cyclic N) is 1. The van der Waals surface area contributed by atoms with Crippen LogP contribution in [-0.2, 0) is 4.79 Å². The van der Waals surface area contributed by atoms with Crippen molar-refractivity contribution < 1.29 is 9.90 Å². The summed E-state index contributed by atoms with van der Waals surface area (Å²) in [5.74, 6) is 0.0431. The third-order valence-electron chi connectivity index (χ3n) is 1.85. The summed E-state index contributed by atoms with van der Waals surface area (Å²) < 4.78 is 0. The molecular formula is C7H15ClN2O2. The zero-order chi connectivity index (χ0) is 8.43. The van der Waals surface area contributed by atoms with Crippen LogP contribution in [0, 0.1) is 0 Å². The lowest BCUT2D eigenvalue weighted by Crippen LogP contribution is -2.39. The number of hydrogen-bond donors (Lipinski definition) is 2. The fourth-order valence-electron chi connectivity index (χ4n) is 1.22. The van der Waals surface area contributed by atoms with E-state index in [1.165, 1.54) is 4.90 Å². The Balaban J connectivity index is 0.00000121. The maximum atomic E-state index is 11.2. The normalized spacial score (nSPS) is 27.9. The van der Waals surface area contributed by atoms with Crippen LogP contribution in [0.1, 0.15) is 6.42 Å². The van der Waals surface area contributed by atoms with Gasteiger partial charge in [0.2, 0.25) is 5.91 Å². The van der Waals surface area contributed by atoms with Crippen molar-refractivity contribution in [3.63, 3.8) is 0 Å². The van der Waals surface area contributed by atoms with E-state index in [1.807, 2.05) is 0 Å². The lowest BCUT2D eigenvalue weighted by atomic mass is 10.2. The van der Waals surface area contributed by atoms with Gasteiger partial charge < -0.3 is 15.3 Å². The van der Waals surface area contributed by atoms with Crippen LogP contribution in [0.15, 0.2) is 0 Å². The third-order valence-corrected chi connectivity index (χ3v) is 1.85. The van der Waals surface area contributed by atoms with Gasteiger partial charge >= 0.3 is 0 Å². The van der Waals surface area contributed by atoms with Crippen LogP contribution in [0.3, 0.4) is 0 Å². The first-order valence-electron chi connectivity index (χ1n) is 3.74. The number of hydrogen-bond acceptors (Lipinski definition) is 3. The first-order chi connectivity index (χ1) is 5.11. The Hall–Kier alpha value is -0.320. The van der Waals surface area contributed by atoms with Gasteiger partial charge in [-0.1, -0.05) is 0 Å². The van der Waals surface area contributed by atoms with Gasteiger partial charge in [-0.3, -0.25) is 4.79 Å². The molecule has 1 aliphatic heterocycles. The molecule has 0 bridgehead atoms. The number of carbonyl (C=O) groups is 1. The van der Waals surface area contributed by atoms with E-state index in [9.17, 15) is 4.79 Å². The fraction of sp³-hybridized carbons (Fsp3) is 0.857. The molecule has 1 heterocycles. The summed E-state index contributed by atoms with van der Waals surface area (Å²) in [5, 5.41) is 12.0. The Bertz CT molecular complexity index is 163. The summed E-state index contributed by atoms with van der Waals surface area (Å²) >= 11 is 0. The van der Waals surface area contributed by atoms with E-state index >= 15 is 0 Å². The quantitative estimate of drug-likeness (QED) is 0.576. The van der Waals surface area contributed by atoms with Gasteiger partial charge in [0.25, 0.3) is 0 Å². The number of halogens is 1. The van der Waals surface area contributed by atoms with Gasteiger partial charge in [0.05, 0.1) is 12.1 Å². The number of carbonyl (C=O) groups excluding carboxylic acids is 1. The van der Waals surface area contributed by atoms with E-state index < -0.39 is 0 Å². The van der Waals surface area contributed by atoms with Crippen LogP contribution in [0.2, 0.25) is 0 Å². The smallest absolute Gasteiger partial charge is 0.239 e. The Morgan fingerprint density at radius 2 is 2.17 bits per heavy atom. The van der Waals surface area contributed by atoms with Gasteiger partial charge in [-0.25, -0.2) is 0 Å². The van der Waals surface area contributed by atoms with E-state index in [4.69, 9.17) is 5.11 Å². The molecule has 0 aliphatic carbocycles. The van der Waals surface area contributed by atoms with Gasteiger partial charge in [0.15, 0.2) is 0 Å². The van der Waals surface area contributed by atoms with Crippen molar-refractivity contribution >= 4 is 18.3 Å². The molecule has 2 N–H and O–H groups in total. The van der Waals surface area contributed by atoms with Gasteiger partial charge in [-0.2, -0.15) is 0 Å². The second kappa shape index (κ2) is 4.64. The summed E-state index contributed by atoms with van der Waals surface area (Å²) in [7, 11) is 3.43. The Labute approximate surface area is 78.3 Å². The SMILES string of the molecule is CN(C)C(=O)[C@H]1C[C@H](O)CN1.Cl. The van der Waals surface area contributed by atoms with Crippen LogP contribution in [0.5, 0.6) is 0 Å². The van der Waals surface area contributed by atoms with E-state index in [0.29, 0.717) is 13.0 Å². The third kappa shape index (κ3) is 2.62. The first-order valence-corrected chi connectivity index (χ1v) is 3.74. The number of aliphatic hydroxyl groups excluding tert-OH is 1. The molecule has 1 rings (SSSR count). The van der Waals surface area contributed by atoms with Crippen molar-refractivity contribution in [3.8, 4) is 0 Å². The van der Waals surface area contributed by atoms with Gasteiger partial charge in [0, 0.05) is 20.6 Å². The second-order valence-electron chi connectivity index (χ2n) is 3.08. The van der Waals surface area contributed by atoms with E-state index in [1.54, 1.807) is 14.1 Å². The Kier molecular flexibility index (Phi) is 4.52. The Morgan fingerprint density at radius 3 is 2.50 bits per heavy atom. The van der Waals surface area contributed by atoms with Gasteiger partial charge in [0.1, 0.15) is 0 Å². The minimum Gasteiger partial charge on any atom is -0.392 e. The Morgan fingerprint density at radius 1 is 1.58 bits per heavy atom. The second-order valence-corrected chi connectivity index (χ2v) is 3.08. The van der Waals surface area contributed by atoms with Gasteiger partial charge in [-0.15, -0.1) is 12.4 Å². The average Bonchev–Trinajstić information content (AvgIpc) is 2.34. The van der Waals surface area contributed by atoms with E-state index in [-0.39, 0.29) is 30.5 Å². The minimum absolute atomic E-state index is 0. The molecule has 0 spiro atoms. The van der Waals surface area contributed by atoms with E-state index in [2.05, 4.69) is 5.32 Å². The highest BCUT2D eigenvalue weighted by Crippen LogP contribution is 2.07. The monoisotopic (exact) mass is 194 g/mol. The molecule has 1 aliphatic rings. The van der Waals surface area contributed by atoms with Crippen molar-refractivity contribution in [3.05, 3.63) is 0 Å². The molecule has 0 aromatic rings. The predicted molar refractivity (Wildman–Crippen MR) is 48.4 cm³/mol. The van der Waals surface area contributed by atoms with Crippen molar-refractivity contribution in [2.45, 2.75) is 18.6 Å². The molecule has 1 fully saturated rings. The predicted octanol–water partition coefficient (Wildman–Crippen LogP) is -0.781. The number of likely N-dealkylation sites (N-methyl/N-ethyl adjacent to an activating group) is 1. The van der Waals surface area contributed by atoms with Gasteiger partial charge in [-0.05, 0) is 6.42 Å². The van der Waals surface area contributed by atoms with Crippen LogP contribution >= 0.6 is 12.4 Å². The molecule has 1 saturated heterocycles. The maximum absolute atomic E-state index is 11.2. The summed E-state index contributed by atoms with van der Waals surface area (Å²) in [6.07, 6.45) is 0.181. The lowest BCUT2D eigenvalue weighted by Gasteiger charge is -2.15. The largest absolute Gasteiger partial charge is 0.392 e. The van der Waals surface area contributed by atoms with Crippen molar-refractivity contribution in [1.82, 2.24) is 10.2 Å². The molecule has 12 heavy (non-hydrogen) atoms. The summed E-state index contributed by atoms with van der Waals surface area (Å²) in [6.45, 7) is 0.532. The van der Waals surface area contributed by atoms with E-state index in [0.717, 1.165) is 0 Å². The molecule has 0 saturated carbocycles. The molecular weight excluding hydrogens is 180 g/mol. The highest BCUT2D eigenvalue weighted by Gasteiger charge is 2.28. The summed E-state index contributed by atoms with van der Waals surface area (Å²) in [4.78, 5) is 12.8. The summed E-state index contributed by atoms with van der Waals surface area (Å²) in [5.41, 5.74) is 0. The van der Waals surface area contributed by atoms with Crippen LogP contribution in [-0.4, -0.2) is 48.7 Å². The number of nitrogens with one attached hydrogen (secondary N) is 1. The number of rotatable bonds is 1. The van der Waals surface area contributed by atoms with Crippen LogP contribution in [0.4, 0.5) is 0 Å². The van der Waals surface area contributed by atoms with Crippen molar-refractivity contribution in [2.24, 2.45) is 0 Å². The molecule has 2 atom stereocenters. The lowest BCUT2D eigenvalue weighted by molar-refractivity contribution is -0.130. The maximum Gasteiger partial charge on any atom is 0.239 e. The molecule has 0 aromatic heterocycles. The molecule has 0 unspecified atom stereocenters. The number of aliphatic hydroxyl groups is 1. The van der Waals surface area contributed by atoms with Crippen LogP contribution in [0.25, 0.3) is 0 Å². The number of nitrogens with zero attached hydrogens (tertiary/aromatic N) is 1. The molecule has 0 radical (unpaired) electrons. The zero-order valence-corrected chi connectivity index (χ0v) is 8.10. The molecule has 0 aromatic carbocycles. The first kappa shape index (κ1) is 11.7. The summed E-state index contributed by atoms with van der Waals surface area (Å²) in [6, 6.07) is -0.181. The molecule has 4 nitrogen and oxygen atoms in total. The standard InChI is InChI=1S/C7H14N2O2.ClH/c1-9(2)7(11)6-3-5(10)4-8-6;/h5-6,8,10H,3-4H2,1-2H3;1H/t5-,6+;/m0./s1. The average molecular weight is 195 g/mol. The molecule has 5 heteroatoms. The van der Waals surface area contributed by atoms with Crippen molar-refractivity contribution in [1.29, 1.82) is 0 Å². The minimum atomic E-state index is -0.358. The zero-order valence-electron chi connectivity index (χ0n) is 7.28. The highest BCUT2D eigenvalue weighted by molar-refractivity contribution is 5.85. The highest BCUT2D eigenvalue weighted by atomic mass is 35.5. The molecule has 72 valence electrons.